The van der Waals surface area contributed by atoms with Crippen LogP contribution in [0.15, 0.2) is 24.3 Å². The largest absolute Gasteiger partial charge is 0.467 e. The van der Waals surface area contributed by atoms with Gasteiger partial charge in [0.05, 0.1) is 7.11 Å². The van der Waals surface area contributed by atoms with Crippen molar-refractivity contribution in [3.8, 4) is 5.75 Å². The molecule has 1 aliphatic heterocycles. The van der Waals surface area contributed by atoms with Gasteiger partial charge >= 0.3 is 5.97 Å². The molecule has 0 bridgehead atoms. The van der Waals surface area contributed by atoms with Crippen LogP contribution in [0.2, 0.25) is 0 Å². The van der Waals surface area contributed by atoms with Gasteiger partial charge in [0.1, 0.15) is 24.1 Å². The van der Waals surface area contributed by atoms with Crippen LogP contribution in [0.4, 0.5) is 0 Å². The monoisotopic (exact) mass is 298 g/mol. The topological polar surface area (TPSA) is 105 Å². The quantitative estimate of drug-likeness (QED) is 0.637. The van der Waals surface area contributed by atoms with E-state index in [0.717, 1.165) is 12.7 Å². The van der Waals surface area contributed by atoms with E-state index in [2.05, 4.69) is 4.74 Å². The van der Waals surface area contributed by atoms with E-state index in [4.69, 9.17) is 9.47 Å². The zero-order chi connectivity index (χ0) is 15.6. The van der Waals surface area contributed by atoms with Gasteiger partial charge in [0.2, 0.25) is 6.29 Å². The Kier molecular flexibility index (Phi) is 4.79. The Morgan fingerprint density at radius 3 is 2.29 bits per heavy atom. The number of rotatable bonds is 3. The Morgan fingerprint density at radius 1 is 1.10 bits per heavy atom. The number of benzene rings is 1. The highest BCUT2D eigenvalue weighted by atomic mass is 16.7. The molecule has 1 aliphatic rings. The van der Waals surface area contributed by atoms with Gasteiger partial charge in [-0.25, -0.2) is 4.79 Å². The van der Waals surface area contributed by atoms with Crippen LogP contribution in [-0.2, 0) is 14.3 Å². The minimum atomic E-state index is -1.59. The highest BCUT2D eigenvalue weighted by Crippen LogP contribution is 2.25. The van der Waals surface area contributed by atoms with E-state index in [9.17, 15) is 20.1 Å². The number of methoxy groups -OCH3 is 1. The summed E-state index contributed by atoms with van der Waals surface area (Å²) >= 11 is 0. The lowest BCUT2D eigenvalue weighted by atomic mass is 9.99. The SMILES string of the molecule is COC(=O)C1OC(Oc2ccc(C)cc2)C(O)C(O)C1O. The van der Waals surface area contributed by atoms with Crippen molar-refractivity contribution in [2.45, 2.75) is 37.6 Å². The van der Waals surface area contributed by atoms with Gasteiger partial charge in [0, 0.05) is 0 Å². The Balaban J connectivity index is 2.14. The van der Waals surface area contributed by atoms with Crippen molar-refractivity contribution >= 4 is 5.97 Å². The molecule has 1 heterocycles. The first-order valence-electron chi connectivity index (χ1n) is 6.45. The lowest BCUT2D eigenvalue weighted by Crippen LogP contribution is -2.61. The molecule has 7 heteroatoms. The van der Waals surface area contributed by atoms with Crippen LogP contribution in [-0.4, -0.2) is 59.1 Å². The zero-order valence-electron chi connectivity index (χ0n) is 11.7. The van der Waals surface area contributed by atoms with Crippen molar-refractivity contribution in [3.05, 3.63) is 29.8 Å². The minimum absolute atomic E-state index is 0.400. The van der Waals surface area contributed by atoms with Crippen LogP contribution in [0.1, 0.15) is 5.56 Å². The molecule has 2 rings (SSSR count). The van der Waals surface area contributed by atoms with Crippen LogP contribution < -0.4 is 4.74 Å². The van der Waals surface area contributed by atoms with Gasteiger partial charge < -0.3 is 29.5 Å². The number of aliphatic hydroxyl groups is 3. The maximum atomic E-state index is 11.5. The predicted octanol–water partition coefficient (Wildman–Crippen LogP) is -0.646. The van der Waals surface area contributed by atoms with E-state index in [1.165, 1.54) is 0 Å². The van der Waals surface area contributed by atoms with Crippen LogP contribution in [0.3, 0.4) is 0 Å². The maximum Gasteiger partial charge on any atom is 0.337 e. The lowest BCUT2D eigenvalue weighted by molar-refractivity contribution is -0.271. The fourth-order valence-corrected chi connectivity index (χ4v) is 2.01. The van der Waals surface area contributed by atoms with E-state index in [0.29, 0.717) is 5.75 Å². The van der Waals surface area contributed by atoms with Gasteiger partial charge in [-0.3, -0.25) is 0 Å². The molecule has 0 saturated carbocycles. The van der Waals surface area contributed by atoms with E-state index >= 15 is 0 Å². The first kappa shape index (κ1) is 15.7. The molecule has 0 aromatic heterocycles. The predicted molar refractivity (Wildman–Crippen MR) is 70.5 cm³/mol. The van der Waals surface area contributed by atoms with Crippen molar-refractivity contribution in [1.82, 2.24) is 0 Å². The molecule has 116 valence electrons. The molecule has 0 amide bonds. The van der Waals surface area contributed by atoms with Crippen LogP contribution >= 0.6 is 0 Å². The average molecular weight is 298 g/mol. The highest BCUT2D eigenvalue weighted by Gasteiger charge is 2.48. The molecular formula is C14H18O7. The molecular weight excluding hydrogens is 280 g/mol. The summed E-state index contributed by atoms with van der Waals surface area (Å²) in [6.45, 7) is 1.91. The Hall–Kier alpha value is -1.67. The molecule has 0 radical (unpaired) electrons. The average Bonchev–Trinajstić information content (AvgIpc) is 2.49. The summed E-state index contributed by atoms with van der Waals surface area (Å²) in [5.74, 6) is -0.456. The molecule has 0 spiro atoms. The van der Waals surface area contributed by atoms with Gasteiger partial charge in [0.15, 0.2) is 6.10 Å². The lowest BCUT2D eigenvalue weighted by Gasteiger charge is -2.38. The number of hydrogen-bond donors (Lipinski definition) is 3. The van der Waals surface area contributed by atoms with Crippen molar-refractivity contribution < 1.29 is 34.3 Å². The number of hydrogen-bond acceptors (Lipinski definition) is 7. The number of ether oxygens (including phenoxy) is 3. The molecule has 0 aliphatic carbocycles. The minimum Gasteiger partial charge on any atom is -0.467 e. The maximum absolute atomic E-state index is 11.5. The molecule has 1 saturated heterocycles. The Labute approximate surface area is 121 Å². The van der Waals surface area contributed by atoms with Crippen LogP contribution in [0, 0.1) is 6.92 Å². The third-order valence-electron chi connectivity index (χ3n) is 3.28. The summed E-state index contributed by atoms with van der Waals surface area (Å²) in [5.41, 5.74) is 1.02. The number of carbonyl (C=O) groups is 1. The zero-order valence-corrected chi connectivity index (χ0v) is 11.7. The number of esters is 1. The molecule has 1 fully saturated rings. The molecule has 1 aromatic rings. The Bertz CT molecular complexity index is 487. The first-order chi connectivity index (χ1) is 9.93. The van der Waals surface area contributed by atoms with E-state index in [1.807, 2.05) is 6.92 Å². The van der Waals surface area contributed by atoms with E-state index < -0.39 is 36.7 Å². The molecule has 3 N–H and O–H groups in total. The van der Waals surface area contributed by atoms with Gasteiger partial charge in [-0.2, -0.15) is 0 Å². The first-order valence-corrected chi connectivity index (χ1v) is 6.45. The molecule has 21 heavy (non-hydrogen) atoms. The number of carbonyl (C=O) groups excluding carboxylic acids is 1. The summed E-state index contributed by atoms with van der Waals surface area (Å²) in [5, 5.41) is 29.4. The molecule has 1 aromatic carbocycles. The van der Waals surface area contributed by atoms with Crippen molar-refractivity contribution in [3.63, 3.8) is 0 Å². The van der Waals surface area contributed by atoms with E-state index in [1.54, 1.807) is 24.3 Å². The van der Waals surface area contributed by atoms with Gasteiger partial charge in [-0.15, -0.1) is 0 Å². The fraction of sp³-hybridized carbons (Fsp3) is 0.500. The second-order valence-corrected chi connectivity index (χ2v) is 4.85. The summed E-state index contributed by atoms with van der Waals surface area (Å²) in [6, 6.07) is 6.92. The second kappa shape index (κ2) is 6.40. The second-order valence-electron chi connectivity index (χ2n) is 4.85. The molecule has 7 nitrogen and oxygen atoms in total. The van der Waals surface area contributed by atoms with Crippen molar-refractivity contribution in [2.24, 2.45) is 0 Å². The van der Waals surface area contributed by atoms with Crippen molar-refractivity contribution in [1.29, 1.82) is 0 Å². The Morgan fingerprint density at radius 2 is 1.71 bits per heavy atom. The smallest absolute Gasteiger partial charge is 0.337 e. The van der Waals surface area contributed by atoms with Gasteiger partial charge in [-0.05, 0) is 19.1 Å². The summed E-state index contributed by atoms with van der Waals surface area (Å²) in [6.07, 6.45) is -7.40. The summed E-state index contributed by atoms with van der Waals surface area (Å²) < 4.78 is 15.1. The number of aryl methyl sites for hydroxylation is 1. The standard InChI is InChI=1S/C14H18O7/c1-7-3-5-8(6-4-7)20-14-11(17)9(15)10(16)12(21-14)13(18)19-2/h3-6,9-12,14-17H,1-2H3. The highest BCUT2D eigenvalue weighted by molar-refractivity contribution is 5.75. The third-order valence-corrected chi connectivity index (χ3v) is 3.28. The van der Waals surface area contributed by atoms with Crippen molar-refractivity contribution in [2.75, 3.05) is 7.11 Å². The fourth-order valence-electron chi connectivity index (χ4n) is 2.01. The van der Waals surface area contributed by atoms with Gasteiger partial charge in [-0.1, -0.05) is 17.7 Å². The molecule has 5 atom stereocenters. The van der Waals surface area contributed by atoms with E-state index in [-0.39, 0.29) is 0 Å². The number of aliphatic hydroxyl groups excluding tert-OH is 3. The third kappa shape index (κ3) is 3.33. The molecule has 5 unspecified atom stereocenters. The van der Waals surface area contributed by atoms with Gasteiger partial charge in [0.25, 0.3) is 0 Å². The van der Waals surface area contributed by atoms with Crippen LogP contribution in [0.5, 0.6) is 5.75 Å². The summed E-state index contributed by atoms with van der Waals surface area (Å²) in [4.78, 5) is 11.5. The normalized spacial score (nSPS) is 32.5. The van der Waals surface area contributed by atoms with Crippen LogP contribution in [0.25, 0.3) is 0 Å². The summed E-state index contributed by atoms with van der Waals surface area (Å²) in [7, 11) is 1.13.